The zero-order valence-electron chi connectivity index (χ0n) is 10.1. The van der Waals surface area contributed by atoms with E-state index >= 15 is 0 Å². The van der Waals surface area contributed by atoms with E-state index in [1.807, 2.05) is 0 Å². The molecule has 0 aromatic carbocycles. The summed E-state index contributed by atoms with van der Waals surface area (Å²) in [6.45, 7) is 0. The molecule has 0 saturated heterocycles. The van der Waals surface area contributed by atoms with Crippen molar-refractivity contribution in [1.29, 1.82) is 0 Å². The number of hydrogen-bond acceptors (Lipinski definition) is 11. The van der Waals surface area contributed by atoms with Gasteiger partial charge in [0.1, 0.15) is 0 Å². The fraction of sp³-hybridized carbons (Fsp3) is 0.250. The Morgan fingerprint density at radius 1 is 0.900 bits per heavy atom. The standard InChI is InChI=1S/C8H6N6O6/c1-16-6-3(9-19-12-6)5-11-18-8(14(5)15)4-7(17-2)13-20-10-4/h1-2H3. The minimum atomic E-state index is -0.289. The molecule has 0 aliphatic rings. The number of hydrogen-bond donors (Lipinski definition) is 0. The maximum absolute atomic E-state index is 12.1. The van der Waals surface area contributed by atoms with Crippen molar-refractivity contribution in [3.63, 3.8) is 0 Å². The van der Waals surface area contributed by atoms with Crippen molar-refractivity contribution in [2.24, 2.45) is 0 Å². The summed E-state index contributed by atoms with van der Waals surface area (Å²) in [7, 11) is 2.67. The summed E-state index contributed by atoms with van der Waals surface area (Å²) in [6, 6.07) is 0. The molecule has 3 rings (SSSR count). The van der Waals surface area contributed by atoms with Gasteiger partial charge in [0.25, 0.3) is 23.1 Å². The van der Waals surface area contributed by atoms with Crippen LogP contribution in [0, 0.1) is 5.21 Å². The largest absolute Gasteiger partial charge is 0.708 e. The lowest BCUT2D eigenvalue weighted by molar-refractivity contribution is -0.586. The Hall–Kier alpha value is -3.18. The van der Waals surface area contributed by atoms with E-state index < -0.39 is 0 Å². The smallest absolute Gasteiger partial charge is 0.411 e. The highest BCUT2D eigenvalue weighted by atomic mass is 16.6. The fourth-order valence-corrected chi connectivity index (χ4v) is 1.43. The summed E-state index contributed by atoms with van der Waals surface area (Å²) in [4.78, 5) is 0. The molecule has 104 valence electrons. The van der Waals surface area contributed by atoms with E-state index in [1.165, 1.54) is 14.2 Å². The lowest BCUT2D eigenvalue weighted by Crippen LogP contribution is -2.29. The van der Waals surface area contributed by atoms with Crippen LogP contribution in [0.5, 0.6) is 11.8 Å². The SMILES string of the molecule is COc1nonc1-c1noc(-c2nonc2OC)[n+]1[O-]. The van der Waals surface area contributed by atoms with E-state index in [0.29, 0.717) is 4.73 Å². The molecule has 0 amide bonds. The average Bonchev–Trinajstić information content (AvgIpc) is 3.15. The van der Waals surface area contributed by atoms with Gasteiger partial charge >= 0.3 is 11.7 Å². The lowest BCUT2D eigenvalue weighted by atomic mass is 10.4. The molecule has 0 fully saturated rings. The maximum Gasteiger partial charge on any atom is 0.411 e. The number of nitrogens with zero attached hydrogens (tertiary/aromatic N) is 6. The van der Waals surface area contributed by atoms with Gasteiger partial charge in [-0.2, -0.15) is 4.73 Å². The van der Waals surface area contributed by atoms with Crippen LogP contribution in [-0.4, -0.2) is 40.0 Å². The molecule has 3 aromatic heterocycles. The highest BCUT2D eigenvalue weighted by Gasteiger charge is 2.33. The van der Waals surface area contributed by atoms with Crippen molar-refractivity contribution in [3.05, 3.63) is 5.21 Å². The first kappa shape index (κ1) is 11.9. The molecule has 0 radical (unpaired) electrons. The molecule has 12 heteroatoms. The summed E-state index contributed by atoms with van der Waals surface area (Å²) < 4.78 is 23.9. The van der Waals surface area contributed by atoms with Crippen molar-refractivity contribution < 1.29 is 28.0 Å². The van der Waals surface area contributed by atoms with Crippen molar-refractivity contribution in [2.75, 3.05) is 14.2 Å². The Morgan fingerprint density at radius 2 is 1.50 bits per heavy atom. The van der Waals surface area contributed by atoms with Crippen LogP contribution in [0.1, 0.15) is 0 Å². The zero-order valence-corrected chi connectivity index (χ0v) is 10.1. The summed E-state index contributed by atoms with van der Waals surface area (Å²) in [5, 5.41) is 29.6. The molecule has 12 nitrogen and oxygen atoms in total. The van der Waals surface area contributed by atoms with E-state index in [-0.39, 0.29) is 34.9 Å². The quantitative estimate of drug-likeness (QED) is 0.446. The van der Waals surface area contributed by atoms with Crippen LogP contribution < -0.4 is 14.2 Å². The fourth-order valence-electron chi connectivity index (χ4n) is 1.43. The van der Waals surface area contributed by atoms with Crippen LogP contribution >= 0.6 is 0 Å². The van der Waals surface area contributed by atoms with E-state index in [2.05, 4.69) is 35.0 Å². The molecule has 0 aliphatic heterocycles. The van der Waals surface area contributed by atoms with Crippen LogP contribution in [0.2, 0.25) is 0 Å². The van der Waals surface area contributed by atoms with Crippen molar-refractivity contribution in [3.8, 4) is 34.9 Å². The Labute approximate surface area is 109 Å². The molecular formula is C8H6N6O6. The van der Waals surface area contributed by atoms with Gasteiger partial charge in [0.2, 0.25) is 0 Å². The normalized spacial score (nSPS) is 10.7. The van der Waals surface area contributed by atoms with E-state index in [4.69, 9.17) is 14.0 Å². The molecule has 0 saturated carbocycles. The molecule has 0 aliphatic carbocycles. The van der Waals surface area contributed by atoms with Crippen LogP contribution in [0.3, 0.4) is 0 Å². The topological polar surface area (TPSA) is 149 Å². The van der Waals surface area contributed by atoms with Crippen LogP contribution in [0.4, 0.5) is 0 Å². The van der Waals surface area contributed by atoms with Crippen molar-refractivity contribution in [2.45, 2.75) is 0 Å². The molecule has 0 atom stereocenters. The summed E-state index contributed by atoms with van der Waals surface area (Å²) in [6.07, 6.45) is 0. The van der Waals surface area contributed by atoms with Gasteiger partial charge in [0.15, 0.2) is 5.16 Å². The van der Waals surface area contributed by atoms with Gasteiger partial charge in [0.05, 0.1) is 14.2 Å². The van der Waals surface area contributed by atoms with Gasteiger partial charge in [-0.3, -0.25) is 0 Å². The van der Waals surface area contributed by atoms with Gasteiger partial charge in [0, 0.05) is 0 Å². The monoisotopic (exact) mass is 282 g/mol. The van der Waals surface area contributed by atoms with Crippen molar-refractivity contribution in [1.82, 2.24) is 25.8 Å². The molecule has 0 unspecified atom stereocenters. The second-order valence-corrected chi connectivity index (χ2v) is 3.35. The van der Waals surface area contributed by atoms with Gasteiger partial charge in [-0.1, -0.05) is 0 Å². The molecular weight excluding hydrogens is 276 g/mol. The molecule has 3 heterocycles. The molecule has 20 heavy (non-hydrogen) atoms. The molecule has 0 spiro atoms. The second kappa shape index (κ2) is 4.49. The molecule has 3 aromatic rings. The number of rotatable bonds is 4. The highest BCUT2D eigenvalue weighted by Crippen LogP contribution is 2.27. The highest BCUT2D eigenvalue weighted by molar-refractivity contribution is 5.55. The predicted molar refractivity (Wildman–Crippen MR) is 55.2 cm³/mol. The summed E-state index contributed by atoms with van der Waals surface area (Å²) in [5.41, 5.74) is -0.0652. The Kier molecular flexibility index (Phi) is 2.67. The van der Waals surface area contributed by atoms with E-state index in [1.54, 1.807) is 0 Å². The third kappa shape index (κ3) is 1.62. The number of aromatic nitrogens is 6. The van der Waals surface area contributed by atoms with Gasteiger partial charge < -0.3 is 14.7 Å². The minimum absolute atomic E-state index is 0.0142. The van der Waals surface area contributed by atoms with Crippen LogP contribution in [0.25, 0.3) is 23.1 Å². The minimum Gasteiger partial charge on any atom is -0.708 e. The van der Waals surface area contributed by atoms with Gasteiger partial charge in [-0.05, 0) is 20.6 Å². The Balaban J connectivity index is 2.10. The first-order chi connectivity index (χ1) is 9.76. The zero-order chi connectivity index (χ0) is 14.1. The Bertz CT molecular complexity index is 672. The maximum atomic E-state index is 12.1. The number of ether oxygens (including phenoxy) is 2. The second-order valence-electron chi connectivity index (χ2n) is 3.35. The van der Waals surface area contributed by atoms with Crippen LogP contribution in [-0.2, 0) is 0 Å². The van der Waals surface area contributed by atoms with E-state index in [0.717, 1.165) is 0 Å². The average molecular weight is 282 g/mol. The predicted octanol–water partition coefficient (Wildman–Crippen LogP) is -0.575. The van der Waals surface area contributed by atoms with Gasteiger partial charge in [-0.25, -0.2) is 13.8 Å². The molecule has 0 N–H and O–H groups in total. The van der Waals surface area contributed by atoms with Gasteiger partial charge in [-0.15, -0.1) is 0 Å². The van der Waals surface area contributed by atoms with E-state index in [9.17, 15) is 5.21 Å². The molecule has 0 bridgehead atoms. The Morgan fingerprint density at radius 3 is 2.15 bits per heavy atom. The van der Waals surface area contributed by atoms with Crippen LogP contribution in [0.15, 0.2) is 13.8 Å². The first-order valence-electron chi connectivity index (χ1n) is 5.09. The summed E-state index contributed by atoms with van der Waals surface area (Å²) in [5.74, 6) is -0.548. The number of methoxy groups -OCH3 is 2. The first-order valence-corrected chi connectivity index (χ1v) is 5.09. The summed E-state index contributed by atoms with van der Waals surface area (Å²) >= 11 is 0. The van der Waals surface area contributed by atoms with Crippen molar-refractivity contribution >= 4 is 0 Å². The lowest BCUT2D eigenvalue weighted by Gasteiger charge is -1.98. The third-order valence-corrected chi connectivity index (χ3v) is 2.31. The third-order valence-electron chi connectivity index (χ3n) is 2.31.